The van der Waals surface area contributed by atoms with Crippen LogP contribution in [0.2, 0.25) is 0 Å². The average Bonchev–Trinajstić information content (AvgIpc) is 2.94. The number of H-pyrrole nitrogens is 2. The Balaban J connectivity index is 2.06. The quantitative estimate of drug-likeness (QED) is 0.652. The number of nitrogens with one attached hydrogen (secondary N) is 3. The molecule has 0 saturated carbocycles. The van der Waals surface area contributed by atoms with Gasteiger partial charge in [0, 0.05) is 11.1 Å². The van der Waals surface area contributed by atoms with Crippen LogP contribution >= 0.6 is 11.5 Å². The number of benzene rings is 1. The number of nitrogens with zero attached hydrogens (tertiary/aromatic N) is 2. The molecule has 0 fully saturated rings. The summed E-state index contributed by atoms with van der Waals surface area (Å²) in [6.45, 7) is 0.446. The van der Waals surface area contributed by atoms with Gasteiger partial charge in [0.25, 0.3) is 11.1 Å². The number of fused-ring (bicyclic) bond motifs is 1. The summed E-state index contributed by atoms with van der Waals surface area (Å²) in [4.78, 5) is 23.5. The van der Waals surface area contributed by atoms with Crippen molar-refractivity contribution in [1.82, 2.24) is 19.8 Å². The molecule has 2 aromatic heterocycles. The molecule has 0 unspecified atom stereocenters. The standard InChI is InChI=1S/C11H9N5O2S/c17-10-7-2-1-3-8(9(7)11(18)15-14-10)12-4-6-5-19-16-13-6/h1-3,5,12H,4H2,(H,14,17)(H,15,18). The topological polar surface area (TPSA) is 104 Å². The number of rotatable bonds is 3. The van der Waals surface area contributed by atoms with E-state index < -0.39 is 0 Å². The molecule has 0 aliphatic carbocycles. The van der Waals surface area contributed by atoms with E-state index in [1.807, 2.05) is 5.38 Å². The van der Waals surface area contributed by atoms with Gasteiger partial charge >= 0.3 is 0 Å². The van der Waals surface area contributed by atoms with E-state index in [0.29, 0.717) is 23.0 Å². The van der Waals surface area contributed by atoms with Gasteiger partial charge in [-0.1, -0.05) is 10.6 Å². The molecule has 7 nitrogen and oxygen atoms in total. The van der Waals surface area contributed by atoms with Crippen LogP contribution in [0.1, 0.15) is 5.69 Å². The van der Waals surface area contributed by atoms with Gasteiger partial charge in [0.15, 0.2) is 0 Å². The highest BCUT2D eigenvalue weighted by Crippen LogP contribution is 2.17. The Morgan fingerprint density at radius 2 is 2.05 bits per heavy atom. The lowest BCUT2D eigenvalue weighted by Gasteiger charge is -2.06. The van der Waals surface area contributed by atoms with Crippen molar-refractivity contribution >= 4 is 28.0 Å². The highest BCUT2D eigenvalue weighted by molar-refractivity contribution is 7.03. The van der Waals surface area contributed by atoms with Gasteiger partial charge in [-0.3, -0.25) is 19.8 Å². The van der Waals surface area contributed by atoms with Gasteiger partial charge in [-0.2, -0.15) is 0 Å². The zero-order valence-corrected chi connectivity index (χ0v) is 10.5. The average molecular weight is 275 g/mol. The van der Waals surface area contributed by atoms with Gasteiger partial charge in [-0.05, 0) is 23.7 Å². The lowest BCUT2D eigenvalue weighted by atomic mass is 10.1. The molecule has 0 aliphatic heterocycles. The van der Waals surface area contributed by atoms with Crippen LogP contribution in [-0.2, 0) is 6.54 Å². The third kappa shape index (κ3) is 2.13. The maximum Gasteiger partial charge on any atom is 0.272 e. The summed E-state index contributed by atoms with van der Waals surface area (Å²) >= 11 is 1.26. The maximum absolute atomic E-state index is 11.8. The van der Waals surface area contributed by atoms with E-state index >= 15 is 0 Å². The minimum absolute atomic E-state index is 0.325. The van der Waals surface area contributed by atoms with Gasteiger partial charge < -0.3 is 5.32 Å². The van der Waals surface area contributed by atoms with E-state index in [2.05, 4.69) is 25.1 Å². The van der Waals surface area contributed by atoms with Gasteiger partial charge in [-0.15, -0.1) is 5.10 Å². The fourth-order valence-electron chi connectivity index (χ4n) is 1.82. The maximum atomic E-state index is 11.8. The molecule has 0 saturated heterocycles. The lowest BCUT2D eigenvalue weighted by Crippen LogP contribution is -2.20. The fourth-order valence-corrected chi connectivity index (χ4v) is 2.27. The van der Waals surface area contributed by atoms with E-state index in [1.54, 1.807) is 18.2 Å². The molecule has 1 aromatic carbocycles. The summed E-state index contributed by atoms with van der Waals surface area (Å²) in [5.74, 6) is 0. The summed E-state index contributed by atoms with van der Waals surface area (Å²) < 4.78 is 3.76. The molecule has 8 heteroatoms. The monoisotopic (exact) mass is 275 g/mol. The Bertz CT molecular complexity index is 821. The second kappa shape index (κ2) is 4.65. The predicted molar refractivity (Wildman–Crippen MR) is 72.4 cm³/mol. The molecule has 0 radical (unpaired) electrons. The first-order valence-electron chi connectivity index (χ1n) is 5.49. The summed E-state index contributed by atoms with van der Waals surface area (Å²) in [7, 11) is 0. The van der Waals surface area contributed by atoms with Crippen LogP contribution in [-0.4, -0.2) is 19.8 Å². The van der Waals surface area contributed by atoms with Crippen LogP contribution in [0.5, 0.6) is 0 Å². The third-order valence-corrected chi connectivity index (χ3v) is 3.24. The Labute approximate surface area is 110 Å². The number of hydrogen-bond acceptors (Lipinski definition) is 6. The summed E-state index contributed by atoms with van der Waals surface area (Å²) in [5.41, 5.74) is 0.712. The van der Waals surface area contributed by atoms with Crippen LogP contribution in [0, 0.1) is 0 Å². The molecular formula is C11H9N5O2S. The first kappa shape index (κ1) is 11.6. The minimum Gasteiger partial charge on any atom is -0.379 e. The second-order valence-corrected chi connectivity index (χ2v) is 4.50. The van der Waals surface area contributed by atoms with Crippen LogP contribution in [0.3, 0.4) is 0 Å². The van der Waals surface area contributed by atoms with Crippen molar-refractivity contribution in [3.63, 3.8) is 0 Å². The smallest absolute Gasteiger partial charge is 0.272 e. The van der Waals surface area contributed by atoms with E-state index in [-0.39, 0.29) is 11.1 Å². The first-order chi connectivity index (χ1) is 9.25. The summed E-state index contributed by atoms with van der Waals surface area (Å²) in [6.07, 6.45) is 0. The van der Waals surface area contributed by atoms with Crippen molar-refractivity contribution in [2.45, 2.75) is 6.54 Å². The zero-order chi connectivity index (χ0) is 13.2. The Kier molecular flexibility index (Phi) is 2.84. The zero-order valence-electron chi connectivity index (χ0n) is 9.64. The minimum atomic E-state index is -0.339. The van der Waals surface area contributed by atoms with E-state index in [9.17, 15) is 9.59 Å². The van der Waals surface area contributed by atoms with Crippen LogP contribution < -0.4 is 16.4 Å². The second-order valence-electron chi connectivity index (χ2n) is 3.89. The molecule has 96 valence electrons. The number of aromatic nitrogens is 4. The molecule has 19 heavy (non-hydrogen) atoms. The molecule has 3 aromatic rings. The molecular weight excluding hydrogens is 266 g/mol. The Morgan fingerprint density at radius 3 is 2.84 bits per heavy atom. The molecule has 3 rings (SSSR count). The van der Waals surface area contributed by atoms with Crippen molar-refractivity contribution in [3.05, 3.63) is 50.0 Å². The van der Waals surface area contributed by atoms with Gasteiger partial charge in [0.2, 0.25) is 0 Å². The van der Waals surface area contributed by atoms with Crippen molar-refractivity contribution in [3.8, 4) is 0 Å². The third-order valence-electron chi connectivity index (χ3n) is 2.69. The van der Waals surface area contributed by atoms with Crippen molar-refractivity contribution < 1.29 is 0 Å². The van der Waals surface area contributed by atoms with Gasteiger partial charge in [0.1, 0.15) is 0 Å². The predicted octanol–water partition coefficient (Wildman–Crippen LogP) is 0.680. The SMILES string of the molecule is O=c1[nH][nH]c(=O)c2c(NCc3csnn3)cccc12. The summed E-state index contributed by atoms with van der Waals surface area (Å²) in [6, 6.07) is 5.08. The Hall–Kier alpha value is -2.48. The fraction of sp³-hybridized carbons (Fsp3) is 0.0909. The Morgan fingerprint density at radius 1 is 1.21 bits per heavy atom. The molecule has 0 amide bonds. The van der Waals surface area contributed by atoms with Crippen LogP contribution in [0.15, 0.2) is 33.2 Å². The summed E-state index contributed by atoms with van der Waals surface area (Å²) in [5, 5.41) is 14.1. The largest absolute Gasteiger partial charge is 0.379 e. The van der Waals surface area contributed by atoms with Crippen LogP contribution in [0.4, 0.5) is 5.69 Å². The van der Waals surface area contributed by atoms with Crippen molar-refractivity contribution in [2.24, 2.45) is 0 Å². The van der Waals surface area contributed by atoms with Gasteiger partial charge in [0.05, 0.1) is 23.0 Å². The van der Waals surface area contributed by atoms with E-state index in [1.165, 1.54) is 11.5 Å². The molecule has 2 heterocycles. The highest BCUT2D eigenvalue weighted by Gasteiger charge is 2.08. The van der Waals surface area contributed by atoms with Gasteiger partial charge in [-0.25, -0.2) is 0 Å². The van der Waals surface area contributed by atoms with Crippen molar-refractivity contribution in [1.29, 1.82) is 0 Å². The number of aromatic amines is 2. The highest BCUT2D eigenvalue weighted by atomic mass is 32.1. The molecule has 3 N–H and O–H groups in total. The molecule has 0 atom stereocenters. The molecule has 0 spiro atoms. The van der Waals surface area contributed by atoms with E-state index in [0.717, 1.165) is 5.69 Å². The van der Waals surface area contributed by atoms with Crippen LogP contribution in [0.25, 0.3) is 10.8 Å². The molecule has 0 bridgehead atoms. The normalized spacial score (nSPS) is 10.7. The first-order valence-corrected chi connectivity index (χ1v) is 6.33. The van der Waals surface area contributed by atoms with Crippen molar-refractivity contribution in [2.75, 3.05) is 5.32 Å². The molecule has 0 aliphatic rings. The number of hydrogen-bond donors (Lipinski definition) is 3. The lowest BCUT2D eigenvalue weighted by molar-refractivity contribution is 0.973. The number of anilines is 1. The van der Waals surface area contributed by atoms with E-state index in [4.69, 9.17) is 0 Å².